The molecule has 0 unspecified atom stereocenters. The fourth-order valence-electron chi connectivity index (χ4n) is 1.78. The van der Waals surface area contributed by atoms with Crippen molar-refractivity contribution in [1.29, 1.82) is 0 Å². The second-order valence-corrected chi connectivity index (χ2v) is 4.02. The van der Waals surface area contributed by atoms with Gasteiger partial charge in [-0.05, 0) is 35.7 Å². The van der Waals surface area contributed by atoms with Gasteiger partial charge in [0.25, 0.3) is 0 Å². The van der Waals surface area contributed by atoms with E-state index in [4.69, 9.17) is 5.73 Å². The van der Waals surface area contributed by atoms with Gasteiger partial charge in [-0.2, -0.15) is 0 Å². The van der Waals surface area contributed by atoms with Crippen LogP contribution in [0.3, 0.4) is 0 Å². The molecule has 88 valence electrons. The monoisotopic (exact) mass is 227 g/mol. The van der Waals surface area contributed by atoms with E-state index < -0.39 is 0 Å². The molecular formula is C14H17N3. The molecule has 0 fully saturated rings. The van der Waals surface area contributed by atoms with E-state index in [2.05, 4.69) is 29.4 Å². The van der Waals surface area contributed by atoms with Crippen LogP contribution in [0.2, 0.25) is 0 Å². The third-order valence-corrected chi connectivity index (χ3v) is 2.84. The minimum Gasteiger partial charge on any atom is -0.381 e. The first kappa shape index (κ1) is 11.6. The van der Waals surface area contributed by atoms with Gasteiger partial charge in [-0.25, -0.2) is 0 Å². The summed E-state index contributed by atoms with van der Waals surface area (Å²) < 4.78 is 0. The van der Waals surface area contributed by atoms with Gasteiger partial charge in [0.15, 0.2) is 0 Å². The summed E-state index contributed by atoms with van der Waals surface area (Å²) in [5, 5.41) is 3.41. The van der Waals surface area contributed by atoms with Crippen molar-refractivity contribution in [2.75, 3.05) is 5.32 Å². The maximum atomic E-state index is 5.69. The molecule has 3 nitrogen and oxygen atoms in total. The van der Waals surface area contributed by atoms with Crippen LogP contribution < -0.4 is 11.1 Å². The second kappa shape index (κ2) is 5.46. The third-order valence-electron chi connectivity index (χ3n) is 2.84. The topological polar surface area (TPSA) is 50.9 Å². The molecule has 0 aliphatic carbocycles. The molecule has 1 aromatic carbocycles. The molecule has 0 aliphatic rings. The molecule has 0 saturated heterocycles. The molecule has 1 heterocycles. The van der Waals surface area contributed by atoms with Crippen LogP contribution in [-0.2, 0) is 13.1 Å². The summed E-state index contributed by atoms with van der Waals surface area (Å²) in [6.45, 7) is 3.40. The molecule has 0 bridgehead atoms. The van der Waals surface area contributed by atoms with E-state index in [-0.39, 0.29) is 0 Å². The largest absolute Gasteiger partial charge is 0.381 e. The van der Waals surface area contributed by atoms with Crippen LogP contribution in [0.25, 0.3) is 0 Å². The number of aromatic nitrogens is 1. The Morgan fingerprint density at radius 1 is 1.18 bits per heavy atom. The number of nitrogens with one attached hydrogen (secondary N) is 1. The molecule has 1 aromatic heterocycles. The molecular weight excluding hydrogens is 210 g/mol. The first-order valence-electron chi connectivity index (χ1n) is 5.72. The van der Waals surface area contributed by atoms with Gasteiger partial charge < -0.3 is 11.1 Å². The Morgan fingerprint density at radius 3 is 2.76 bits per heavy atom. The quantitative estimate of drug-likeness (QED) is 0.843. The van der Waals surface area contributed by atoms with Crippen LogP contribution in [0.15, 0.2) is 42.7 Å². The number of para-hydroxylation sites is 1. The molecule has 3 N–H and O–H groups in total. The molecule has 0 atom stereocenters. The van der Waals surface area contributed by atoms with Crippen LogP contribution in [-0.4, -0.2) is 4.98 Å². The highest BCUT2D eigenvalue weighted by atomic mass is 14.9. The zero-order valence-corrected chi connectivity index (χ0v) is 9.98. The summed E-state index contributed by atoms with van der Waals surface area (Å²) >= 11 is 0. The lowest BCUT2D eigenvalue weighted by Crippen LogP contribution is -2.07. The van der Waals surface area contributed by atoms with Gasteiger partial charge in [0.05, 0.1) is 0 Å². The van der Waals surface area contributed by atoms with E-state index in [1.807, 2.05) is 24.4 Å². The number of hydrogen-bond acceptors (Lipinski definition) is 3. The molecule has 0 saturated carbocycles. The molecule has 0 radical (unpaired) electrons. The van der Waals surface area contributed by atoms with Crippen molar-refractivity contribution in [2.45, 2.75) is 20.0 Å². The summed E-state index contributed by atoms with van der Waals surface area (Å²) in [6.07, 6.45) is 3.65. The zero-order valence-electron chi connectivity index (χ0n) is 9.98. The van der Waals surface area contributed by atoms with E-state index in [0.717, 1.165) is 23.4 Å². The predicted octanol–water partition coefficient (Wildman–Crippen LogP) is 2.46. The standard InChI is InChI=1S/C14H17N3/c1-11-4-2-3-5-14(11)17-10-13-9-16-7-6-12(13)8-15/h2-7,9,17H,8,10,15H2,1H3. The maximum Gasteiger partial charge on any atom is 0.0419 e. The molecule has 17 heavy (non-hydrogen) atoms. The third kappa shape index (κ3) is 2.82. The highest BCUT2D eigenvalue weighted by Gasteiger charge is 2.01. The van der Waals surface area contributed by atoms with Crippen molar-refractivity contribution < 1.29 is 0 Å². The van der Waals surface area contributed by atoms with E-state index in [0.29, 0.717) is 6.54 Å². The van der Waals surface area contributed by atoms with Gasteiger partial charge in [-0.3, -0.25) is 4.98 Å². The number of nitrogens with zero attached hydrogens (tertiary/aromatic N) is 1. The first-order chi connectivity index (χ1) is 8.31. The SMILES string of the molecule is Cc1ccccc1NCc1cnccc1CN. The van der Waals surface area contributed by atoms with Crippen molar-refractivity contribution in [3.8, 4) is 0 Å². The molecule has 3 heteroatoms. The molecule has 0 aliphatic heterocycles. The molecule has 0 spiro atoms. The van der Waals surface area contributed by atoms with Crippen molar-refractivity contribution in [2.24, 2.45) is 5.73 Å². The molecule has 0 amide bonds. The minimum atomic E-state index is 0.549. The average molecular weight is 227 g/mol. The number of benzene rings is 1. The Labute approximate surface area is 102 Å². The van der Waals surface area contributed by atoms with Crippen molar-refractivity contribution in [1.82, 2.24) is 4.98 Å². The first-order valence-corrected chi connectivity index (χ1v) is 5.72. The van der Waals surface area contributed by atoms with Gasteiger partial charge in [0, 0.05) is 31.2 Å². The van der Waals surface area contributed by atoms with Gasteiger partial charge in [0.2, 0.25) is 0 Å². The van der Waals surface area contributed by atoms with Crippen molar-refractivity contribution in [3.63, 3.8) is 0 Å². The van der Waals surface area contributed by atoms with Crippen LogP contribution in [0.4, 0.5) is 5.69 Å². The Bertz CT molecular complexity index is 494. The Kier molecular flexibility index (Phi) is 3.73. The summed E-state index contributed by atoms with van der Waals surface area (Å²) in [7, 11) is 0. The fraction of sp³-hybridized carbons (Fsp3) is 0.214. The fourth-order valence-corrected chi connectivity index (χ4v) is 1.78. The van der Waals surface area contributed by atoms with Gasteiger partial charge in [0.1, 0.15) is 0 Å². The maximum absolute atomic E-state index is 5.69. The van der Waals surface area contributed by atoms with E-state index in [1.165, 1.54) is 5.56 Å². The van der Waals surface area contributed by atoms with Gasteiger partial charge in [-0.1, -0.05) is 18.2 Å². The van der Waals surface area contributed by atoms with E-state index >= 15 is 0 Å². The molecule has 2 rings (SSSR count). The van der Waals surface area contributed by atoms with Gasteiger partial charge in [-0.15, -0.1) is 0 Å². The lowest BCUT2D eigenvalue weighted by Gasteiger charge is -2.11. The second-order valence-electron chi connectivity index (χ2n) is 4.02. The van der Waals surface area contributed by atoms with Crippen molar-refractivity contribution >= 4 is 5.69 Å². The smallest absolute Gasteiger partial charge is 0.0419 e. The minimum absolute atomic E-state index is 0.549. The van der Waals surface area contributed by atoms with E-state index in [9.17, 15) is 0 Å². The van der Waals surface area contributed by atoms with Crippen LogP contribution in [0, 0.1) is 6.92 Å². The highest BCUT2D eigenvalue weighted by molar-refractivity contribution is 5.50. The number of aryl methyl sites for hydroxylation is 1. The van der Waals surface area contributed by atoms with Crippen molar-refractivity contribution in [3.05, 3.63) is 59.4 Å². The number of hydrogen-bond donors (Lipinski definition) is 2. The number of rotatable bonds is 4. The summed E-state index contributed by atoms with van der Waals surface area (Å²) in [6, 6.07) is 10.2. The van der Waals surface area contributed by atoms with E-state index in [1.54, 1.807) is 6.20 Å². The number of anilines is 1. The Hall–Kier alpha value is -1.87. The number of pyridine rings is 1. The van der Waals surface area contributed by atoms with Gasteiger partial charge >= 0.3 is 0 Å². The lowest BCUT2D eigenvalue weighted by atomic mass is 10.1. The van der Waals surface area contributed by atoms with Crippen LogP contribution in [0.5, 0.6) is 0 Å². The number of nitrogens with two attached hydrogens (primary N) is 1. The Morgan fingerprint density at radius 2 is 2.00 bits per heavy atom. The lowest BCUT2D eigenvalue weighted by molar-refractivity contribution is 0.988. The summed E-state index contributed by atoms with van der Waals surface area (Å²) in [4.78, 5) is 4.13. The summed E-state index contributed by atoms with van der Waals surface area (Å²) in [5.74, 6) is 0. The van der Waals surface area contributed by atoms with Crippen LogP contribution in [0.1, 0.15) is 16.7 Å². The zero-order chi connectivity index (χ0) is 12.1. The van der Waals surface area contributed by atoms with Crippen LogP contribution >= 0.6 is 0 Å². The predicted molar refractivity (Wildman–Crippen MR) is 70.6 cm³/mol. The average Bonchev–Trinajstić information content (AvgIpc) is 2.38. The Balaban J connectivity index is 2.10. The molecule has 2 aromatic rings. The highest BCUT2D eigenvalue weighted by Crippen LogP contribution is 2.15. The normalized spacial score (nSPS) is 10.2. The summed E-state index contributed by atoms with van der Waals surface area (Å²) in [5.41, 5.74) is 10.4.